The average molecular weight is 422 g/mol. The Bertz CT molecular complexity index is 1180. The Hall–Kier alpha value is -2.94. The van der Waals surface area contributed by atoms with Crippen molar-refractivity contribution in [1.29, 1.82) is 0 Å². The van der Waals surface area contributed by atoms with Crippen LogP contribution >= 0.6 is 11.3 Å². The highest BCUT2D eigenvalue weighted by molar-refractivity contribution is 7.18. The van der Waals surface area contributed by atoms with Crippen LogP contribution in [0.25, 0.3) is 21.9 Å². The predicted octanol–water partition coefficient (Wildman–Crippen LogP) is 4.72. The summed E-state index contributed by atoms with van der Waals surface area (Å²) >= 11 is 1.27. The molecule has 1 aromatic carbocycles. The zero-order chi connectivity index (χ0) is 21.3. The molecule has 3 aromatic rings. The molecule has 0 spiro atoms. The van der Waals surface area contributed by atoms with Crippen molar-refractivity contribution in [3.05, 3.63) is 62.0 Å². The number of halogens is 3. The number of hydrogen-bond donors (Lipinski definition) is 1. The summed E-state index contributed by atoms with van der Waals surface area (Å²) in [6.45, 7) is 5.21. The van der Waals surface area contributed by atoms with Crippen molar-refractivity contribution in [2.45, 2.75) is 26.9 Å². The van der Waals surface area contributed by atoms with E-state index >= 15 is 0 Å². The Morgan fingerprint density at radius 2 is 1.97 bits per heavy atom. The maximum absolute atomic E-state index is 13.4. The molecule has 152 valence electrons. The molecule has 0 radical (unpaired) electrons. The van der Waals surface area contributed by atoms with E-state index < -0.39 is 23.3 Å². The number of nitrogens with zero attached hydrogens (tertiary/aromatic N) is 1. The summed E-state index contributed by atoms with van der Waals surface area (Å²) in [6.07, 6.45) is -3.57. The normalized spacial score (nSPS) is 12.4. The van der Waals surface area contributed by atoms with Gasteiger partial charge in [0, 0.05) is 4.88 Å². The van der Waals surface area contributed by atoms with Crippen LogP contribution in [0.5, 0.6) is 0 Å². The predicted molar refractivity (Wildman–Crippen MR) is 106 cm³/mol. The van der Waals surface area contributed by atoms with Gasteiger partial charge in [-0.3, -0.25) is 4.79 Å². The van der Waals surface area contributed by atoms with Crippen molar-refractivity contribution in [1.82, 2.24) is 9.97 Å². The number of aromatic amines is 1. The number of thiophene rings is 1. The number of nitrogens with one attached hydrogen (secondary N) is 1. The molecule has 0 aliphatic rings. The Morgan fingerprint density at radius 1 is 1.28 bits per heavy atom. The zero-order valence-electron chi connectivity index (χ0n) is 15.8. The van der Waals surface area contributed by atoms with E-state index in [9.17, 15) is 22.8 Å². The lowest BCUT2D eigenvalue weighted by Gasteiger charge is -2.12. The van der Waals surface area contributed by atoms with Crippen LogP contribution in [0.3, 0.4) is 0 Å². The Balaban J connectivity index is 2.26. The summed E-state index contributed by atoms with van der Waals surface area (Å²) < 4.78 is 45.0. The highest BCUT2D eigenvalue weighted by Gasteiger charge is 2.33. The quantitative estimate of drug-likeness (QED) is 0.488. The number of alkyl halides is 3. The first kappa shape index (κ1) is 20.8. The fourth-order valence-electron chi connectivity index (χ4n) is 2.85. The molecular formula is C20H17F3N2O3S. The molecule has 2 aromatic heterocycles. The van der Waals surface area contributed by atoms with Crippen LogP contribution in [0.4, 0.5) is 13.2 Å². The van der Waals surface area contributed by atoms with E-state index in [-0.39, 0.29) is 23.6 Å². The summed E-state index contributed by atoms with van der Waals surface area (Å²) in [5, 5.41) is 0.398. The molecule has 0 unspecified atom stereocenters. The second kappa shape index (κ2) is 7.82. The highest BCUT2D eigenvalue weighted by atomic mass is 32.1. The number of aryl methyl sites for hydroxylation is 2. The van der Waals surface area contributed by atoms with Crippen LogP contribution in [-0.2, 0) is 15.7 Å². The van der Waals surface area contributed by atoms with Crippen LogP contribution in [0.2, 0.25) is 0 Å². The van der Waals surface area contributed by atoms with Crippen LogP contribution < -0.4 is 5.56 Å². The van der Waals surface area contributed by atoms with Gasteiger partial charge in [-0.1, -0.05) is 18.2 Å². The SMILES string of the molecule is CCOC(=O)C(=Cc1ccccc1C(F)(F)F)c1nc2sc(C)c(C)c2c(=O)[nH]1. The van der Waals surface area contributed by atoms with E-state index in [1.54, 1.807) is 13.8 Å². The lowest BCUT2D eigenvalue weighted by atomic mass is 10.0. The van der Waals surface area contributed by atoms with E-state index in [2.05, 4.69) is 9.97 Å². The van der Waals surface area contributed by atoms with Gasteiger partial charge in [-0.2, -0.15) is 13.2 Å². The van der Waals surface area contributed by atoms with E-state index in [0.29, 0.717) is 10.2 Å². The maximum Gasteiger partial charge on any atom is 0.416 e. The summed E-state index contributed by atoms with van der Waals surface area (Å²) in [6, 6.07) is 4.83. The average Bonchev–Trinajstić information content (AvgIpc) is 2.93. The molecule has 0 aliphatic heterocycles. The molecule has 9 heteroatoms. The molecule has 2 heterocycles. The summed E-state index contributed by atoms with van der Waals surface area (Å²) in [4.78, 5) is 33.2. The first-order chi connectivity index (χ1) is 13.6. The van der Waals surface area contributed by atoms with E-state index in [0.717, 1.165) is 22.6 Å². The molecule has 0 fully saturated rings. The lowest BCUT2D eigenvalue weighted by molar-refractivity contribution is -0.138. The number of hydrogen-bond acceptors (Lipinski definition) is 5. The fourth-order valence-corrected chi connectivity index (χ4v) is 3.88. The maximum atomic E-state index is 13.4. The van der Waals surface area contributed by atoms with Gasteiger partial charge >= 0.3 is 12.1 Å². The number of carbonyl (C=O) groups excluding carboxylic acids is 1. The summed E-state index contributed by atoms with van der Waals surface area (Å²) in [5.41, 5.74) is -1.09. The van der Waals surface area contributed by atoms with Crippen LogP contribution in [0.1, 0.15) is 34.3 Å². The molecular weight excluding hydrogens is 405 g/mol. The zero-order valence-corrected chi connectivity index (χ0v) is 16.6. The third-order valence-corrected chi connectivity index (χ3v) is 5.46. The van der Waals surface area contributed by atoms with Crippen molar-refractivity contribution in [3.8, 4) is 0 Å². The van der Waals surface area contributed by atoms with Crippen molar-refractivity contribution >= 4 is 39.2 Å². The van der Waals surface area contributed by atoms with E-state index in [1.165, 1.54) is 29.5 Å². The summed E-state index contributed by atoms with van der Waals surface area (Å²) in [5.74, 6) is -1.02. The lowest BCUT2D eigenvalue weighted by Crippen LogP contribution is -2.16. The molecule has 1 N–H and O–H groups in total. The van der Waals surface area contributed by atoms with Crippen LogP contribution in [-0.4, -0.2) is 22.5 Å². The number of carbonyl (C=O) groups is 1. The number of fused-ring (bicyclic) bond motifs is 1. The van der Waals surface area contributed by atoms with E-state index in [1.807, 2.05) is 6.92 Å². The van der Waals surface area contributed by atoms with Gasteiger partial charge in [0.15, 0.2) is 0 Å². The van der Waals surface area contributed by atoms with Gasteiger partial charge in [-0.25, -0.2) is 9.78 Å². The van der Waals surface area contributed by atoms with Crippen molar-refractivity contribution < 1.29 is 22.7 Å². The number of H-pyrrole nitrogens is 1. The van der Waals surface area contributed by atoms with Gasteiger partial charge in [0.1, 0.15) is 16.2 Å². The van der Waals surface area contributed by atoms with Crippen molar-refractivity contribution in [2.75, 3.05) is 6.61 Å². The number of esters is 1. The van der Waals surface area contributed by atoms with Gasteiger partial charge in [0.25, 0.3) is 5.56 Å². The first-order valence-corrected chi connectivity index (χ1v) is 9.50. The molecule has 0 saturated carbocycles. The minimum absolute atomic E-state index is 0.0147. The van der Waals surface area contributed by atoms with Crippen molar-refractivity contribution in [2.24, 2.45) is 0 Å². The molecule has 5 nitrogen and oxygen atoms in total. The van der Waals surface area contributed by atoms with Crippen LogP contribution in [0, 0.1) is 13.8 Å². The molecule has 0 saturated heterocycles. The largest absolute Gasteiger partial charge is 0.462 e. The molecule has 0 atom stereocenters. The molecule has 0 bridgehead atoms. The van der Waals surface area contributed by atoms with Gasteiger partial charge < -0.3 is 9.72 Å². The number of rotatable bonds is 4. The monoisotopic (exact) mass is 422 g/mol. The van der Waals surface area contributed by atoms with Crippen molar-refractivity contribution in [3.63, 3.8) is 0 Å². The first-order valence-electron chi connectivity index (χ1n) is 8.69. The highest BCUT2D eigenvalue weighted by Crippen LogP contribution is 2.34. The van der Waals surface area contributed by atoms with Gasteiger partial charge in [-0.15, -0.1) is 11.3 Å². The molecule has 29 heavy (non-hydrogen) atoms. The second-order valence-corrected chi connectivity index (χ2v) is 7.44. The number of aromatic nitrogens is 2. The minimum Gasteiger partial charge on any atom is -0.462 e. The summed E-state index contributed by atoms with van der Waals surface area (Å²) in [7, 11) is 0. The Kier molecular flexibility index (Phi) is 5.61. The third-order valence-electron chi connectivity index (χ3n) is 4.36. The van der Waals surface area contributed by atoms with Crippen LogP contribution in [0.15, 0.2) is 29.1 Å². The number of benzene rings is 1. The fraction of sp³-hybridized carbons (Fsp3) is 0.250. The smallest absolute Gasteiger partial charge is 0.416 e. The van der Waals surface area contributed by atoms with Gasteiger partial charge in [0.05, 0.1) is 17.6 Å². The van der Waals surface area contributed by atoms with Gasteiger partial charge in [0.2, 0.25) is 0 Å². The Morgan fingerprint density at radius 3 is 2.62 bits per heavy atom. The Labute approximate surface area is 167 Å². The second-order valence-electron chi connectivity index (χ2n) is 6.24. The molecule has 0 aliphatic carbocycles. The topological polar surface area (TPSA) is 72.0 Å². The molecule has 3 rings (SSSR count). The standard InChI is InChI=1S/C20H17F3N2O3S/c1-4-28-19(27)13(9-12-7-5-6-8-14(12)20(21,22)23)16-24-17(26)15-10(2)11(3)29-18(15)25-16/h5-9H,4H2,1-3H3,(H,24,25,26). The third kappa shape index (κ3) is 4.09. The number of ether oxygens (including phenoxy) is 1. The van der Waals surface area contributed by atoms with Gasteiger partial charge in [-0.05, 0) is 44.0 Å². The minimum atomic E-state index is -4.61. The van der Waals surface area contributed by atoms with E-state index in [4.69, 9.17) is 4.74 Å². The molecule has 0 amide bonds.